The lowest BCUT2D eigenvalue weighted by atomic mass is 9.87. The Hall–Kier alpha value is -2.70. The van der Waals surface area contributed by atoms with Crippen molar-refractivity contribution in [1.29, 1.82) is 0 Å². The van der Waals surface area contributed by atoms with Crippen LogP contribution in [0.1, 0.15) is 67.5 Å². The monoisotopic (exact) mass is 476 g/mol. The van der Waals surface area contributed by atoms with E-state index in [1.54, 1.807) is 4.90 Å². The molecule has 1 aliphatic rings. The first-order valence-corrected chi connectivity index (χ1v) is 12.9. The van der Waals surface area contributed by atoms with Crippen molar-refractivity contribution >= 4 is 16.8 Å². The molecule has 0 saturated carbocycles. The van der Waals surface area contributed by atoms with Crippen LogP contribution in [-0.2, 0) is 4.79 Å². The zero-order valence-corrected chi connectivity index (χ0v) is 21.9. The number of benzene rings is 1. The molecule has 0 atom stereocenters. The van der Waals surface area contributed by atoms with E-state index >= 15 is 0 Å². The molecule has 1 saturated heterocycles. The van der Waals surface area contributed by atoms with Crippen LogP contribution < -0.4 is 0 Å². The number of nitrogens with zero attached hydrogens (tertiary/aromatic N) is 3. The summed E-state index contributed by atoms with van der Waals surface area (Å²) in [6.07, 6.45) is 2.76. The maximum absolute atomic E-state index is 12.5. The summed E-state index contributed by atoms with van der Waals surface area (Å²) < 4.78 is 0. The van der Waals surface area contributed by atoms with Gasteiger partial charge >= 0.3 is 0 Å². The molecule has 4 rings (SSSR count). The van der Waals surface area contributed by atoms with Gasteiger partial charge in [-0.2, -0.15) is 0 Å². The highest BCUT2D eigenvalue weighted by Gasteiger charge is 2.24. The molecule has 188 valence electrons. The molecule has 1 fully saturated rings. The van der Waals surface area contributed by atoms with Gasteiger partial charge in [-0.05, 0) is 93.4 Å². The van der Waals surface area contributed by atoms with E-state index in [0.717, 1.165) is 37.3 Å². The van der Waals surface area contributed by atoms with Crippen LogP contribution in [0.5, 0.6) is 0 Å². The molecule has 6 heteroatoms. The average molecular weight is 477 g/mol. The van der Waals surface area contributed by atoms with Crippen molar-refractivity contribution in [2.24, 2.45) is 0 Å². The summed E-state index contributed by atoms with van der Waals surface area (Å²) in [5.41, 5.74) is 8.46. The van der Waals surface area contributed by atoms with Crippen molar-refractivity contribution in [2.75, 3.05) is 39.8 Å². The molecule has 0 unspecified atom stereocenters. The number of H-pyrrole nitrogens is 1. The Morgan fingerprint density at radius 3 is 2.49 bits per heavy atom. The second-order valence-electron chi connectivity index (χ2n) is 10.5. The Bertz CT molecular complexity index is 1150. The number of aromatic amines is 1. The van der Waals surface area contributed by atoms with E-state index in [4.69, 9.17) is 5.11 Å². The van der Waals surface area contributed by atoms with Gasteiger partial charge < -0.3 is 15.0 Å². The quantitative estimate of drug-likeness (QED) is 0.480. The number of pyridine rings is 1. The summed E-state index contributed by atoms with van der Waals surface area (Å²) in [6, 6.07) is 11.3. The van der Waals surface area contributed by atoms with Gasteiger partial charge in [-0.15, -0.1) is 0 Å². The van der Waals surface area contributed by atoms with Crippen molar-refractivity contribution in [1.82, 2.24) is 19.8 Å². The number of aromatic nitrogens is 2. The maximum atomic E-state index is 12.5. The number of aliphatic hydroxyl groups is 1. The van der Waals surface area contributed by atoms with E-state index in [2.05, 4.69) is 72.9 Å². The molecule has 35 heavy (non-hydrogen) atoms. The highest BCUT2D eigenvalue weighted by Crippen LogP contribution is 2.38. The van der Waals surface area contributed by atoms with Gasteiger partial charge in [0.1, 0.15) is 0 Å². The number of rotatable bonds is 8. The van der Waals surface area contributed by atoms with Gasteiger partial charge in [0.05, 0.1) is 12.2 Å². The molecule has 2 aromatic heterocycles. The minimum absolute atomic E-state index is 0.121. The third-order valence-electron chi connectivity index (χ3n) is 7.31. The number of carbonyl (C=O) groups excluding carboxylic acids is 1. The molecule has 0 spiro atoms. The Morgan fingerprint density at radius 1 is 1.17 bits per heavy atom. The fourth-order valence-corrected chi connectivity index (χ4v) is 5.46. The van der Waals surface area contributed by atoms with Crippen LogP contribution in [0.2, 0.25) is 0 Å². The van der Waals surface area contributed by atoms with E-state index < -0.39 is 0 Å². The Kier molecular flexibility index (Phi) is 7.92. The Labute approximate surface area is 209 Å². The highest BCUT2D eigenvalue weighted by atomic mass is 16.3. The van der Waals surface area contributed by atoms with Crippen LogP contribution in [0.15, 0.2) is 30.3 Å². The molecule has 6 nitrogen and oxygen atoms in total. The lowest BCUT2D eigenvalue weighted by molar-refractivity contribution is -0.131. The average Bonchev–Trinajstić information content (AvgIpc) is 3.21. The van der Waals surface area contributed by atoms with E-state index in [1.165, 1.54) is 33.3 Å². The zero-order valence-electron chi connectivity index (χ0n) is 21.9. The topological polar surface area (TPSA) is 72.5 Å². The van der Waals surface area contributed by atoms with Crippen LogP contribution >= 0.6 is 0 Å². The summed E-state index contributed by atoms with van der Waals surface area (Å²) >= 11 is 0. The van der Waals surface area contributed by atoms with Crippen LogP contribution in [0, 0.1) is 13.8 Å². The number of amides is 1. The number of aryl methyl sites for hydroxylation is 2. The molecular weight excluding hydrogens is 436 g/mol. The SMILES string of the molecule is Cc1cc(-c2[nH]c3ccc(C4CCN(CC(=O)N(C)CCCO)CC4)cc3c2C(C)C)cc(C)n1. The lowest BCUT2D eigenvalue weighted by Gasteiger charge is -2.32. The second-order valence-corrected chi connectivity index (χ2v) is 10.5. The van der Waals surface area contributed by atoms with Crippen LogP contribution in [0.3, 0.4) is 0 Å². The zero-order chi connectivity index (χ0) is 25.1. The number of carbonyl (C=O) groups is 1. The van der Waals surface area contributed by atoms with Gasteiger partial charge in [-0.1, -0.05) is 19.9 Å². The molecule has 0 radical (unpaired) electrons. The normalized spacial score (nSPS) is 15.3. The summed E-state index contributed by atoms with van der Waals surface area (Å²) in [5, 5.41) is 10.3. The molecule has 0 bridgehead atoms. The predicted octanol–water partition coefficient (Wildman–Crippen LogP) is 4.99. The van der Waals surface area contributed by atoms with Gasteiger partial charge in [0.15, 0.2) is 0 Å². The van der Waals surface area contributed by atoms with Crippen molar-refractivity contribution < 1.29 is 9.90 Å². The van der Waals surface area contributed by atoms with E-state index in [9.17, 15) is 4.79 Å². The van der Waals surface area contributed by atoms with Crippen LogP contribution in [0.25, 0.3) is 22.2 Å². The number of likely N-dealkylation sites (N-methyl/N-ethyl adjacent to an activating group) is 1. The molecule has 3 aromatic rings. The first-order valence-electron chi connectivity index (χ1n) is 12.9. The van der Waals surface area contributed by atoms with Gasteiger partial charge in [-0.3, -0.25) is 14.7 Å². The smallest absolute Gasteiger partial charge is 0.236 e. The number of fused-ring (bicyclic) bond motifs is 1. The summed E-state index contributed by atoms with van der Waals surface area (Å²) in [4.78, 5) is 24.7. The summed E-state index contributed by atoms with van der Waals surface area (Å²) in [5.74, 6) is 1.06. The third kappa shape index (κ3) is 5.76. The predicted molar refractivity (Wildman–Crippen MR) is 143 cm³/mol. The van der Waals surface area contributed by atoms with Gasteiger partial charge in [0, 0.05) is 48.1 Å². The van der Waals surface area contributed by atoms with Gasteiger partial charge in [-0.25, -0.2) is 0 Å². The number of aliphatic hydroxyl groups excluding tert-OH is 1. The number of nitrogens with one attached hydrogen (secondary N) is 1. The van der Waals surface area contributed by atoms with Gasteiger partial charge in [0.2, 0.25) is 5.91 Å². The molecule has 3 heterocycles. The number of piperidine rings is 1. The molecule has 1 aromatic carbocycles. The number of hydrogen-bond donors (Lipinski definition) is 2. The first-order chi connectivity index (χ1) is 16.8. The summed E-state index contributed by atoms with van der Waals surface area (Å²) in [7, 11) is 1.83. The fourth-order valence-electron chi connectivity index (χ4n) is 5.46. The highest BCUT2D eigenvalue weighted by molar-refractivity contribution is 5.92. The molecular formula is C29H40N4O2. The molecule has 1 aliphatic heterocycles. The largest absolute Gasteiger partial charge is 0.396 e. The van der Waals surface area contributed by atoms with Crippen molar-refractivity contribution in [3.8, 4) is 11.3 Å². The number of likely N-dealkylation sites (tertiary alicyclic amines) is 1. The lowest BCUT2D eigenvalue weighted by Crippen LogP contribution is -2.42. The standard InChI is InChI=1S/C29H40N4O2/c1-19(2)28-25-17-23(7-8-26(25)31-29(28)24-15-20(3)30-21(4)16-24)22-9-12-33(13-10-22)18-27(35)32(5)11-6-14-34/h7-8,15-17,19,22,31,34H,6,9-14,18H2,1-5H3. The maximum Gasteiger partial charge on any atom is 0.236 e. The van der Waals surface area contributed by atoms with Crippen molar-refractivity contribution in [2.45, 2.75) is 58.8 Å². The minimum atomic E-state index is 0.121. The number of hydrogen-bond acceptors (Lipinski definition) is 4. The first kappa shape index (κ1) is 25.4. The van der Waals surface area contributed by atoms with E-state index in [1.807, 2.05) is 7.05 Å². The molecule has 2 N–H and O–H groups in total. The van der Waals surface area contributed by atoms with E-state index in [0.29, 0.717) is 31.3 Å². The molecule has 0 aliphatic carbocycles. The second kappa shape index (κ2) is 10.9. The van der Waals surface area contributed by atoms with E-state index in [-0.39, 0.29) is 12.5 Å². The van der Waals surface area contributed by atoms with Crippen LogP contribution in [0.4, 0.5) is 0 Å². The van der Waals surface area contributed by atoms with Crippen molar-refractivity contribution in [3.05, 3.63) is 52.8 Å². The minimum Gasteiger partial charge on any atom is -0.396 e. The Balaban J connectivity index is 1.51. The fraction of sp³-hybridized carbons (Fsp3) is 0.517. The Morgan fingerprint density at radius 2 is 1.86 bits per heavy atom. The van der Waals surface area contributed by atoms with Crippen molar-refractivity contribution in [3.63, 3.8) is 0 Å². The third-order valence-corrected chi connectivity index (χ3v) is 7.31. The molecule has 1 amide bonds. The van der Waals surface area contributed by atoms with Gasteiger partial charge in [0.25, 0.3) is 0 Å². The van der Waals surface area contributed by atoms with Crippen LogP contribution in [-0.4, -0.2) is 70.6 Å². The summed E-state index contributed by atoms with van der Waals surface area (Å²) in [6.45, 7) is 11.7.